The van der Waals surface area contributed by atoms with Gasteiger partial charge >= 0.3 is 30.2 Å². The second-order valence-corrected chi connectivity index (χ2v) is 9.85. The summed E-state index contributed by atoms with van der Waals surface area (Å²) < 4.78 is 0. The van der Waals surface area contributed by atoms with Gasteiger partial charge in [0, 0.05) is 0 Å². The Kier molecular flexibility index (Phi) is 23.2. The quantitative estimate of drug-likeness (QED) is 0.212. The SMILES string of the molecule is CC1=[C-]C(C)C=C1C(C)(C)C.CC1=[C-]C(C)C=C1C(C)(C)C.Cl.Cl.[CH3-].[SiH2]=[Zr].[c-]1ccccc1. The van der Waals surface area contributed by atoms with E-state index in [1.165, 1.54) is 22.3 Å². The van der Waals surface area contributed by atoms with E-state index in [-0.39, 0.29) is 32.2 Å². The van der Waals surface area contributed by atoms with Crippen LogP contribution in [0.2, 0.25) is 0 Å². The fourth-order valence-corrected chi connectivity index (χ4v) is 3.64. The van der Waals surface area contributed by atoms with Crippen LogP contribution in [0.25, 0.3) is 0 Å². The molecule has 3 rings (SSSR count). The molecule has 188 valence electrons. The largest absolute Gasteiger partial charge is 0.184 e. The van der Waals surface area contributed by atoms with Crippen LogP contribution >= 0.6 is 24.8 Å². The van der Waals surface area contributed by atoms with Gasteiger partial charge in [0.2, 0.25) is 0 Å². The van der Waals surface area contributed by atoms with Gasteiger partial charge in [-0.25, -0.2) is 11.1 Å². The molecule has 0 N–H and O–H groups in total. The average Bonchev–Trinajstić information content (AvgIpc) is 3.19. The van der Waals surface area contributed by atoms with Gasteiger partial charge in [-0.05, 0) is 0 Å². The predicted molar refractivity (Wildman–Crippen MR) is 153 cm³/mol. The van der Waals surface area contributed by atoms with E-state index in [1.54, 1.807) is 23.3 Å². The number of rotatable bonds is 0. The predicted octanol–water partition coefficient (Wildman–Crippen LogP) is 8.58. The van der Waals surface area contributed by atoms with Crippen molar-refractivity contribution >= 4 is 31.7 Å². The van der Waals surface area contributed by atoms with Crippen molar-refractivity contribution < 1.29 is 23.3 Å². The standard InChI is InChI=1S/2C11H17.C6H5.CH3.2ClH.H2Si.Zr/c2*1-8-6-9(2)10(7-8)11(3,4)5;1-2-4-6-5-3-1;;;;;/h2*7-8H,1-5H3;1-5H;1H3;2*1H;1H2;/q4*-1;;;;. The van der Waals surface area contributed by atoms with Gasteiger partial charge in [0.05, 0.1) is 0 Å². The topological polar surface area (TPSA) is 0 Å². The van der Waals surface area contributed by atoms with Crippen LogP contribution in [0.1, 0.15) is 69.2 Å². The first-order valence-corrected chi connectivity index (χ1v) is 16.7. The Bertz CT molecular complexity index is 686. The van der Waals surface area contributed by atoms with Crippen LogP contribution in [0.4, 0.5) is 0 Å². The van der Waals surface area contributed by atoms with Crippen LogP contribution in [-0.4, -0.2) is 6.88 Å². The maximum Gasteiger partial charge on any atom is -0.171 e. The molecule has 2 aliphatic rings. The number of hydrogen-bond donors (Lipinski definition) is 0. The molecule has 0 saturated carbocycles. The van der Waals surface area contributed by atoms with E-state index in [9.17, 15) is 0 Å². The first-order chi connectivity index (χ1) is 13.8. The fourth-order valence-electron chi connectivity index (χ4n) is 3.64. The van der Waals surface area contributed by atoms with Gasteiger partial charge in [-0.2, -0.15) is 59.7 Å². The Hall–Kier alpha value is -0.140. The maximum atomic E-state index is 3.40. The summed E-state index contributed by atoms with van der Waals surface area (Å²) in [4.78, 5) is 0. The number of halogens is 2. The Morgan fingerprint density at radius 2 is 1.00 bits per heavy atom. The third kappa shape index (κ3) is 16.2. The van der Waals surface area contributed by atoms with Gasteiger partial charge < -0.3 is 7.43 Å². The second-order valence-electron chi connectivity index (χ2n) is 9.85. The van der Waals surface area contributed by atoms with Crippen molar-refractivity contribution in [2.75, 3.05) is 0 Å². The summed E-state index contributed by atoms with van der Waals surface area (Å²) in [5, 5.41) is 0. The van der Waals surface area contributed by atoms with Crippen molar-refractivity contribution in [2.24, 2.45) is 22.7 Å². The molecule has 0 aromatic heterocycles. The summed E-state index contributed by atoms with van der Waals surface area (Å²) in [7, 11) is 0. The summed E-state index contributed by atoms with van der Waals surface area (Å²) in [6, 6.07) is 12.5. The van der Waals surface area contributed by atoms with Crippen LogP contribution in [-0.2, 0) is 23.3 Å². The van der Waals surface area contributed by atoms with E-state index in [0.717, 1.165) is 0 Å². The molecule has 0 bridgehead atoms. The molecule has 2 aliphatic carbocycles. The van der Waals surface area contributed by atoms with Crippen LogP contribution in [0.15, 0.2) is 64.8 Å². The molecule has 0 fully saturated rings. The van der Waals surface area contributed by atoms with Crippen LogP contribution in [0, 0.1) is 48.3 Å². The van der Waals surface area contributed by atoms with Gasteiger partial charge in [0.25, 0.3) is 0 Å². The normalized spacial score (nSPS) is 18.2. The monoisotopic (exact) mass is 582 g/mol. The fraction of sp³-hybridized carbons (Fsp3) is 0.483. The summed E-state index contributed by atoms with van der Waals surface area (Å²) >= 11 is 1.58. The van der Waals surface area contributed by atoms with Gasteiger partial charge in [-0.15, -0.1) is 24.8 Å². The minimum Gasteiger partial charge on any atom is -0.184 e. The van der Waals surface area contributed by atoms with Crippen molar-refractivity contribution in [3.8, 4) is 0 Å². The van der Waals surface area contributed by atoms with Gasteiger partial charge in [0.15, 0.2) is 0 Å². The molecule has 0 saturated heterocycles. The Morgan fingerprint density at radius 1 is 0.697 bits per heavy atom. The Morgan fingerprint density at radius 3 is 1.09 bits per heavy atom. The Balaban J connectivity index is -0.000000182. The molecule has 1 aromatic rings. The molecule has 0 nitrogen and oxygen atoms in total. The van der Waals surface area contributed by atoms with Gasteiger partial charge in [0.1, 0.15) is 0 Å². The van der Waals surface area contributed by atoms with E-state index < -0.39 is 0 Å². The third-order valence-corrected chi connectivity index (χ3v) is 4.75. The average molecular weight is 585 g/mol. The molecule has 0 amide bonds. The van der Waals surface area contributed by atoms with E-state index >= 15 is 0 Å². The molecular formula is C29H46Cl2SiZr-4. The van der Waals surface area contributed by atoms with Crippen LogP contribution in [0.3, 0.4) is 0 Å². The summed E-state index contributed by atoms with van der Waals surface area (Å²) in [6.45, 7) is 24.1. The molecule has 2 atom stereocenters. The summed E-state index contributed by atoms with van der Waals surface area (Å²) in [6.07, 6.45) is 11.4. The molecule has 2 unspecified atom stereocenters. The smallest absolute Gasteiger partial charge is 0.171 e. The molecule has 0 radical (unpaired) electrons. The van der Waals surface area contributed by atoms with Crippen molar-refractivity contribution in [1.29, 1.82) is 0 Å². The molecule has 1 aromatic carbocycles. The first kappa shape index (κ1) is 40.0. The number of hydrogen-bond acceptors (Lipinski definition) is 0. The van der Waals surface area contributed by atoms with E-state index in [2.05, 4.69) is 99.6 Å². The number of benzene rings is 1. The zero-order valence-corrected chi connectivity index (χ0v) is 28.2. The van der Waals surface area contributed by atoms with Crippen molar-refractivity contribution in [3.05, 3.63) is 90.4 Å². The van der Waals surface area contributed by atoms with Crippen molar-refractivity contribution in [1.82, 2.24) is 0 Å². The van der Waals surface area contributed by atoms with Gasteiger partial charge in [-0.3, -0.25) is 12.2 Å². The van der Waals surface area contributed by atoms with Crippen LogP contribution < -0.4 is 0 Å². The van der Waals surface area contributed by atoms with Crippen molar-refractivity contribution in [3.63, 3.8) is 0 Å². The minimum absolute atomic E-state index is 0. The summed E-state index contributed by atoms with van der Waals surface area (Å²) in [5.41, 5.74) is 6.19. The zero-order valence-electron chi connectivity index (χ0n) is 22.7. The molecule has 0 spiro atoms. The first-order valence-electron chi connectivity index (χ1n) is 10.7. The summed E-state index contributed by atoms with van der Waals surface area (Å²) in [5.74, 6) is 1.04. The van der Waals surface area contributed by atoms with E-state index in [1.807, 2.05) is 37.2 Å². The maximum absolute atomic E-state index is 3.40. The molecule has 33 heavy (non-hydrogen) atoms. The third-order valence-electron chi connectivity index (χ3n) is 4.75. The molecule has 4 heteroatoms. The van der Waals surface area contributed by atoms with Crippen LogP contribution in [0.5, 0.6) is 0 Å². The minimum atomic E-state index is 0. The molecule has 0 heterocycles. The van der Waals surface area contributed by atoms with E-state index in [4.69, 9.17) is 0 Å². The Labute approximate surface area is 235 Å². The van der Waals surface area contributed by atoms with E-state index in [0.29, 0.717) is 22.7 Å². The molecular weight excluding hydrogens is 539 g/mol. The zero-order chi connectivity index (χ0) is 23.5. The van der Waals surface area contributed by atoms with Crippen molar-refractivity contribution in [2.45, 2.75) is 69.2 Å². The number of allylic oxidation sites excluding steroid dienone is 8. The second kappa shape index (κ2) is 19.1. The van der Waals surface area contributed by atoms with Gasteiger partial charge in [-0.1, -0.05) is 91.9 Å². The molecule has 0 aliphatic heterocycles.